The van der Waals surface area contributed by atoms with Crippen LogP contribution in [0, 0.1) is 0 Å². The third kappa shape index (κ3) is 6.37. The fourth-order valence-electron chi connectivity index (χ4n) is 2.41. The van der Waals surface area contributed by atoms with Crippen molar-refractivity contribution in [3.63, 3.8) is 0 Å². The van der Waals surface area contributed by atoms with E-state index in [0.717, 1.165) is 37.4 Å². The van der Waals surface area contributed by atoms with Gasteiger partial charge in [-0.3, -0.25) is 14.4 Å². The highest BCUT2D eigenvalue weighted by Crippen LogP contribution is 2.21. The van der Waals surface area contributed by atoms with Gasteiger partial charge in [-0.15, -0.1) is 11.8 Å². The molecule has 1 rings (SSSR count). The number of amides is 2. The number of thioether (sulfide) groups is 1. The van der Waals surface area contributed by atoms with Crippen LogP contribution in [0.1, 0.15) is 32.1 Å². The Morgan fingerprint density at radius 1 is 1.05 bits per heavy atom. The van der Waals surface area contributed by atoms with Gasteiger partial charge in [0.15, 0.2) is 0 Å². The van der Waals surface area contributed by atoms with E-state index in [9.17, 15) is 14.4 Å². The number of hydrogen-bond acceptors (Lipinski definition) is 4. The van der Waals surface area contributed by atoms with Crippen molar-refractivity contribution in [2.75, 3.05) is 32.1 Å². The second-order valence-electron chi connectivity index (χ2n) is 5.43. The van der Waals surface area contributed by atoms with E-state index in [2.05, 4.69) is 0 Å². The Kier molecular flexibility index (Phi) is 7.56. The highest BCUT2D eigenvalue weighted by atomic mass is 32.2. The lowest BCUT2D eigenvalue weighted by molar-refractivity contribution is -0.139. The molecule has 0 aromatic rings. The van der Waals surface area contributed by atoms with Gasteiger partial charge >= 0.3 is 5.97 Å². The summed E-state index contributed by atoms with van der Waals surface area (Å²) in [6.45, 7) is 0.0550. The van der Waals surface area contributed by atoms with Crippen LogP contribution in [-0.2, 0) is 14.4 Å². The molecular weight excluding hydrogens is 292 g/mol. The standard InChI is InChI=1S/C14H24N2O4S/c1-15(13(18)9-21-10-14(19)20)8-12(17)16(2)11-6-4-3-5-7-11/h11H,3-10H2,1-2H3,(H,19,20). The molecule has 6 nitrogen and oxygen atoms in total. The zero-order valence-electron chi connectivity index (χ0n) is 12.7. The third-order valence-electron chi connectivity index (χ3n) is 3.77. The van der Waals surface area contributed by atoms with Crippen molar-refractivity contribution in [3.05, 3.63) is 0 Å². The van der Waals surface area contributed by atoms with Crippen LogP contribution < -0.4 is 0 Å². The minimum atomic E-state index is -0.941. The molecule has 0 heterocycles. The second kappa shape index (κ2) is 8.92. The Bertz CT molecular complexity index is 383. The summed E-state index contributed by atoms with van der Waals surface area (Å²) in [7, 11) is 3.38. The Morgan fingerprint density at radius 2 is 1.67 bits per heavy atom. The van der Waals surface area contributed by atoms with Gasteiger partial charge in [-0.25, -0.2) is 0 Å². The van der Waals surface area contributed by atoms with Gasteiger partial charge < -0.3 is 14.9 Å². The molecule has 0 aliphatic heterocycles. The van der Waals surface area contributed by atoms with Crippen molar-refractivity contribution in [2.45, 2.75) is 38.1 Å². The second-order valence-corrected chi connectivity index (χ2v) is 6.42. The molecular formula is C14H24N2O4S. The summed E-state index contributed by atoms with van der Waals surface area (Å²) >= 11 is 1.05. The van der Waals surface area contributed by atoms with Crippen molar-refractivity contribution < 1.29 is 19.5 Å². The Morgan fingerprint density at radius 3 is 2.24 bits per heavy atom. The number of nitrogens with zero attached hydrogens (tertiary/aromatic N) is 2. The third-order valence-corrected chi connectivity index (χ3v) is 4.67. The zero-order chi connectivity index (χ0) is 15.8. The average molecular weight is 316 g/mol. The van der Waals surface area contributed by atoms with E-state index in [-0.39, 0.29) is 35.9 Å². The first-order valence-electron chi connectivity index (χ1n) is 7.21. The van der Waals surface area contributed by atoms with Gasteiger partial charge in [-0.05, 0) is 12.8 Å². The first-order valence-corrected chi connectivity index (χ1v) is 8.36. The molecule has 1 aliphatic rings. The zero-order valence-corrected chi connectivity index (χ0v) is 13.5. The predicted octanol–water partition coefficient (Wildman–Crippen LogP) is 1.05. The van der Waals surface area contributed by atoms with Gasteiger partial charge in [0.1, 0.15) is 0 Å². The summed E-state index contributed by atoms with van der Waals surface area (Å²) in [5, 5.41) is 8.52. The number of rotatable bonds is 7. The number of carbonyl (C=O) groups excluding carboxylic acids is 2. The number of carbonyl (C=O) groups is 3. The van der Waals surface area contributed by atoms with Crippen LogP contribution in [0.25, 0.3) is 0 Å². The van der Waals surface area contributed by atoms with Gasteiger partial charge in [0.05, 0.1) is 18.1 Å². The minimum Gasteiger partial charge on any atom is -0.481 e. The molecule has 1 N–H and O–H groups in total. The molecule has 1 aliphatic carbocycles. The molecule has 7 heteroatoms. The summed E-state index contributed by atoms with van der Waals surface area (Å²) in [5.74, 6) is -1.23. The summed E-state index contributed by atoms with van der Waals surface area (Å²) in [4.78, 5) is 37.5. The Balaban J connectivity index is 2.34. The van der Waals surface area contributed by atoms with E-state index in [1.807, 2.05) is 0 Å². The first kappa shape index (κ1) is 17.8. The fourth-order valence-corrected chi connectivity index (χ4v) is 3.08. The van der Waals surface area contributed by atoms with Crippen molar-refractivity contribution in [1.29, 1.82) is 0 Å². The molecule has 0 radical (unpaired) electrons. The summed E-state index contributed by atoms with van der Waals surface area (Å²) in [6, 6.07) is 0.288. The first-order chi connectivity index (χ1) is 9.91. The minimum absolute atomic E-state index is 0.0546. The predicted molar refractivity (Wildman–Crippen MR) is 82.2 cm³/mol. The van der Waals surface area contributed by atoms with Crippen LogP contribution in [0.15, 0.2) is 0 Å². The summed E-state index contributed by atoms with van der Waals surface area (Å²) in [6.07, 6.45) is 5.62. The molecule has 1 fully saturated rings. The van der Waals surface area contributed by atoms with E-state index in [4.69, 9.17) is 5.11 Å². The molecule has 0 atom stereocenters. The van der Waals surface area contributed by atoms with E-state index < -0.39 is 5.97 Å². The van der Waals surface area contributed by atoms with Gasteiger partial charge in [0.2, 0.25) is 11.8 Å². The van der Waals surface area contributed by atoms with Crippen molar-refractivity contribution >= 4 is 29.5 Å². The normalized spacial score (nSPS) is 15.5. The van der Waals surface area contributed by atoms with Crippen molar-refractivity contribution in [2.24, 2.45) is 0 Å². The highest BCUT2D eigenvalue weighted by molar-refractivity contribution is 8.00. The number of carboxylic acid groups (broad SMARTS) is 1. The van der Waals surface area contributed by atoms with E-state index in [0.29, 0.717) is 0 Å². The Hall–Kier alpha value is -1.24. The number of likely N-dealkylation sites (N-methyl/N-ethyl adjacent to an activating group) is 2. The molecule has 1 saturated carbocycles. The average Bonchev–Trinajstić information content (AvgIpc) is 2.46. The van der Waals surface area contributed by atoms with Gasteiger partial charge in [-0.2, -0.15) is 0 Å². The lowest BCUT2D eigenvalue weighted by Gasteiger charge is -2.32. The van der Waals surface area contributed by atoms with Gasteiger partial charge in [0.25, 0.3) is 0 Å². The monoisotopic (exact) mass is 316 g/mol. The topological polar surface area (TPSA) is 77.9 Å². The van der Waals surface area contributed by atoms with E-state index in [1.165, 1.54) is 11.3 Å². The number of carboxylic acids is 1. The van der Waals surface area contributed by atoms with Crippen LogP contribution >= 0.6 is 11.8 Å². The maximum Gasteiger partial charge on any atom is 0.313 e. The smallest absolute Gasteiger partial charge is 0.313 e. The van der Waals surface area contributed by atoms with E-state index in [1.54, 1.807) is 19.0 Å². The molecule has 0 aromatic heterocycles. The molecule has 2 amide bonds. The summed E-state index contributed by atoms with van der Waals surface area (Å²) in [5.41, 5.74) is 0. The highest BCUT2D eigenvalue weighted by Gasteiger charge is 2.23. The molecule has 21 heavy (non-hydrogen) atoms. The molecule has 120 valence electrons. The lowest BCUT2D eigenvalue weighted by Crippen LogP contribution is -2.45. The lowest BCUT2D eigenvalue weighted by atomic mass is 9.94. The fraction of sp³-hybridized carbons (Fsp3) is 0.786. The van der Waals surface area contributed by atoms with Crippen molar-refractivity contribution in [3.8, 4) is 0 Å². The molecule has 0 spiro atoms. The molecule has 0 bridgehead atoms. The van der Waals surface area contributed by atoms with Crippen LogP contribution in [0.2, 0.25) is 0 Å². The van der Waals surface area contributed by atoms with Crippen LogP contribution in [-0.4, -0.2) is 70.9 Å². The Labute approximate surface area is 129 Å². The number of hydrogen-bond donors (Lipinski definition) is 1. The SMILES string of the molecule is CN(CC(=O)N(C)C1CCCCC1)C(=O)CSCC(=O)O. The molecule has 0 saturated heterocycles. The maximum absolute atomic E-state index is 12.2. The van der Waals surface area contributed by atoms with Gasteiger partial charge in [-0.1, -0.05) is 19.3 Å². The van der Waals surface area contributed by atoms with E-state index >= 15 is 0 Å². The van der Waals surface area contributed by atoms with Gasteiger partial charge in [0, 0.05) is 20.1 Å². The van der Waals surface area contributed by atoms with Crippen LogP contribution in [0.3, 0.4) is 0 Å². The quantitative estimate of drug-likeness (QED) is 0.760. The van der Waals surface area contributed by atoms with Crippen LogP contribution in [0.4, 0.5) is 0 Å². The largest absolute Gasteiger partial charge is 0.481 e. The van der Waals surface area contributed by atoms with Crippen LogP contribution in [0.5, 0.6) is 0 Å². The maximum atomic E-state index is 12.2. The molecule has 0 aromatic carbocycles. The van der Waals surface area contributed by atoms with Crippen molar-refractivity contribution in [1.82, 2.24) is 9.80 Å². The summed E-state index contributed by atoms with van der Waals surface area (Å²) < 4.78 is 0. The molecule has 0 unspecified atom stereocenters. The number of aliphatic carboxylic acids is 1.